The van der Waals surface area contributed by atoms with Crippen LogP contribution in [-0.4, -0.2) is 35.8 Å². The maximum atomic E-state index is 13.0. The predicted octanol–water partition coefficient (Wildman–Crippen LogP) is 3.56. The first kappa shape index (κ1) is 19.6. The van der Waals surface area contributed by atoms with Crippen molar-refractivity contribution in [1.82, 2.24) is 4.90 Å². The number of anilines is 1. The third-order valence-electron chi connectivity index (χ3n) is 4.66. The summed E-state index contributed by atoms with van der Waals surface area (Å²) in [5.41, 5.74) is 1.57. The molecule has 1 fully saturated rings. The number of amides is 2. The maximum absolute atomic E-state index is 13.0. The summed E-state index contributed by atoms with van der Waals surface area (Å²) in [7, 11) is 0. The molecule has 0 unspecified atom stereocenters. The number of carbonyl (C=O) groups excluding carboxylic acids is 3. The zero-order valence-electron chi connectivity index (χ0n) is 15.9. The minimum absolute atomic E-state index is 0.186. The van der Waals surface area contributed by atoms with E-state index in [4.69, 9.17) is 4.74 Å². The average molecular weight is 380 g/mol. The van der Waals surface area contributed by atoms with Crippen LogP contribution in [0, 0.1) is 0 Å². The standard InChI is InChI=1S/C22H24N2O4/c1-16(25)23-19-12-10-18(11-13-19)22(27)28-20(17-8-4-2-5-9-17)21(26)24-14-6-3-7-15-24/h2,4-5,8-13,20H,3,6-7,14-15H2,1H3,(H,23,25)/t20-/m0/s1. The van der Waals surface area contributed by atoms with Crippen molar-refractivity contribution >= 4 is 23.5 Å². The van der Waals surface area contributed by atoms with Gasteiger partial charge >= 0.3 is 5.97 Å². The third-order valence-corrected chi connectivity index (χ3v) is 4.66. The Bertz CT molecular complexity index is 827. The summed E-state index contributed by atoms with van der Waals surface area (Å²) in [5.74, 6) is -0.950. The topological polar surface area (TPSA) is 75.7 Å². The van der Waals surface area contributed by atoms with Crippen molar-refractivity contribution in [2.45, 2.75) is 32.3 Å². The number of nitrogens with zero attached hydrogens (tertiary/aromatic N) is 1. The molecule has 1 aliphatic rings. The Morgan fingerprint density at radius 2 is 1.57 bits per heavy atom. The lowest BCUT2D eigenvalue weighted by Gasteiger charge is -2.30. The monoisotopic (exact) mass is 380 g/mol. The summed E-state index contributed by atoms with van der Waals surface area (Å²) in [6, 6.07) is 15.5. The number of benzene rings is 2. The normalized spacial score (nSPS) is 14.8. The van der Waals surface area contributed by atoms with Crippen LogP contribution in [-0.2, 0) is 14.3 Å². The largest absolute Gasteiger partial charge is 0.444 e. The fourth-order valence-electron chi connectivity index (χ4n) is 3.24. The number of piperidine rings is 1. The second kappa shape index (κ2) is 9.17. The van der Waals surface area contributed by atoms with Gasteiger partial charge in [0.05, 0.1) is 5.56 Å². The van der Waals surface area contributed by atoms with Gasteiger partial charge in [0.2, 0.25) is 12.0 Å². The van der Waals surface area contributed by atoms with Gasteiger partial charge in [-0.2, -0.15) is 0 Å². The Hall–Kier alpha value is -3.15. The molecule has 0 aromatic heterocycles. The molecule has 0 bridgehead atoms. The molecule has 2 aromatic carbocycles. The van der Waals surface area contributed by atoms with Gasteiger partial charge in [-0.05, 0) is 43.5 Å². The van der Waals surface area contributed by atoms with E-state index in [1.54, 1.807) is 41.3 Å². The zero-order chi connectivity index (χ0) is 19.9. The van der Waals surface area contributed by atoms with E-state index in [-0.39, 0.29) is 11.8 Å². The van der Waals surface area contributed by atoms with Gasteiger partial charge in [0, 0.05) is 31.3 Å². The highest BCUT2D eigenvalue weighted by Crippen LogP contribution is 2.24. The van der Waals surface area contributed by atoms with Gasteiger partial charge in [-0.1, -0.05) is 30.3 Å². The van der Waals surface area contributed by atoms with Gasteiger partial charge in [0.15, 0.2) is 0 Å². The van der Waals surface area contributed by atoms with E-state index >= 15 is 0 Å². The predicted molar refractivity (Wildman–Crippen MR) is 106 cm³/mol. The fourth-order valence-corrected chi connectivity index (χ4v) is 3.24. The molecule has 28 heavy (non-hydrogen) atoms. The Labute approximate surface area is 164 Å². The van der Waals surface area contributed by atoms with Crippen molar-refractivity contribution in [3.8, 4) is 0 Å². The molecule has 0 saturated carbocycles. The van der Waals surface area contributed by atoms with Crippen molar-refractivity contribution in [2.75, 3.05) is 18.4 Å². The van der Waals surface area contributed by atoms with Gasteiger partial charge in [-0.3, -0.25) is 9.59 Å². The number of carbonyl (C=O) groups is 3. The number of hydrogen-bond acceptors (Lipinski definition) is 4. The molecule has 1 N–H and O–H groups in total. The van der Waals surface area contributed by atoms with Crippen molar-refractivity contribution < 1.29 is 19.1 Å². The van der Waals surface area contributed by atoms with Crippen LogP contribution in [0.2, 0.25) is 0 Å². The minimum atomic E-state index is -0.971. The van der Waals surface area contributed by atoms with E-state index in [0.717, 1.165) is 19.3 Å². The molecule has 0 spiro atoms. The van der Waals surface area contributed by atoms with Crippen LogP contribution in [0.15, 0.2) is 54.6 Å². The summed E-state index contributed by atoms with van der Waals surface area (Å²) in [5, 5.41) is 2.65. The lowest BCUT2D eigenvalue weighted by atomic mass is 10.1. The first-order valence-corrected chi connectivity index (χ1v) is 9.47. The van der Waals surface area contributed by atoms with E-state index in [2.05, 4.69) is 5.32 Å². The van der Waals surface area contributed by atoms with Crippen molar-refractivity contribution in [3.05, 3.63) is 65.7 Å². The number of nitrogens with one attached hydrogen (secondary N) is 1. The molecular weight excluding hydrogens is 356 g/mol. The van der Waals surface area contributed by atoms with Gasteiger partial charge in [-0.25, -0.2) is 4.79 Å². The average Bonchev–Trinajstić information content (AvgIpc) is 2.73. The van der Waals surface area contributed by atoms with E-state index in [1.807, 2.05) is 18.2 Å². The first-order chi connectivity index (χ1) is 13.5. The summed E-state index contributed by atoms with van der Waals surface area (Å²) >= 11 is 0. The highest BCUT2D eigenvalue weighted by atomic mass is 16.5. The van der Waals surface area contributed by atoms with E-state index < -0.39 is 12.1 Å². The molecule has 2 aromatic rings. The molecule has 3 rings (SSSR count). The van der Waals surface area contributed by atoms with Crippen molar-refractivity contribution in [3.63, 3.8) is 0 Å². The third kappa shape index (κ3) is 4.97. The second-order valence-corrected chi connectivity index (χ2v) is 6.84. The van der Waals surface area contributed by atoms with Crippen LogP contribution in [0.3, 0.4) is 0 Å². The lowest BCUT2D eigenvalue weighted by molar-refractivity contribution is -0.142. The zero-order valence-corrected chi connectivity index (χ0v) is 15.9. The molecule has 1 heterocycles. The van der Waals surface area contributed by atoms with E-state index in [9.17, 15) is 14.4 Å². The smallest absolute Gasteiger partial charge is 0.339 e. The summed E-state index contributed by atoms with van der Waals surface area (Å²) < 4.78 is 5.64. The van der Waals surface area contributed by atoms with Crippen LogP contribution in [0.4, 0.5) is 5.69 Å². The Morgan fingerprint density at radius 3 is 2.18 bits per heavy atom. The highest BCUT2D eigenvalue weighted by molar-refractivity contribution is 5.94. The molecule has 146 valence electrons. The Balaban J connectivity index is 1.77. The van der Waals surface area contributed by atoms with Gasteiger partial charge in [0.25, 0.3) is 5.91 Å². The highest BCUT2D eigenvalue weighted by Gasteiger charge is 2.30. The van der Waals surface area contributed by atoms with Crippen LogP contribution >= 0.6 is 0 Å². The molecule has 2 amide bonds. The SMILES string of the molecule is CC(=O)Nc1ccc(C(=O)O[C@H](C(=O)N2CCCCC2)c2ccccc2)cc1. The molecule has 1 aliphatic heterocycles. The minimum Gasteiger partial charge on any atom is -0.444 e. The molecular formula is C22H24N2O4. The van der Waals surface area contributed by atoms with Crippen molar-refractivity contribution in [1.29, 1.82) is 0 Å². The van der Waals surface area contributed by atoms with Gasteiger partial charge in [0.1, 0.15) is 0 Å². The maximum Gasteiger partial charge on any atom is 0.339 e. The van der Waals surface area contributed by atoms with Gasteiger partial charge < -0.3 is 15.0 Å². The lowest BCUT2D eigenvalue weighted by Crippen LogP contribution is -2.40. The summed E-state index contributed by atoms with van der Waals surface area (Å²) in [6.07, 6.45) is 2.07. The quantitative estimate of drug-likeness (QED) is 0.805. The van der Waals surface area contributed by atoms with Crippen molar-refractivity contribution in [2.24, 2.45) is 0 Å². The van der Waals surface area contributed by atoms with Crippen LogP contribution in [0.5, 0.6) is 0 Å². The van der Waals surface area contributed by atoms with Crippen LogP contribution in [0.25, 0.3) is 0 Å². The first-order valence-electron chi connectivity index (χ1n) is 9.47. The molecule has 1 atom stereocenters. The van der Waals surface area contributed by atoms with Gasteiger partial charge in [-0.15, -0.1) is 0 Å². The second-order valence-electron chi connectivity index (χ2n) is 6.84. The number of likely N-dealkylation sites (tertiary alicyclic amines) is 1. The van der Waals surface area contributed by atoms with E-state index in [1.165, 1.54) is 6.92 Å². The molecule has 0 radical (unpaired) electrons. The number of hydrogen-bond donors (Lipinski definition) is 1. The molecule has 1 saturated heterocycles. The molecule has 0 aliphatic carbocycles. The molecule has 6 heteroatoms. The Kier molecular flexibility index (Phi) is 6.42. The number of rotatable bonds is 5. The summed E-state index contributed by atoms with van der Waals surface area (Å²) in [6.45, 7) is 2.79. The van der Waals surface area contributed by atoms with Crippen LogP contribution < -0.4 is 5.32 Å². The van der Waals surface area contributed by atoms with Crippen LogP contribution in [0.1, 0.15) is 48.2 Å². The number of esters is 1. The number of ether oxygens (including phenoxy) is 1. The summed E-state index contributed by atoms with van der Waals surface area (Å²) in [4.78, 5) is 38.6. The fraction of sp³-hybridized carbons (Fsp3) is 0.318. The molecule has 6 nitrogen and oxygen atoms in total. The van der Waals surface area contributed by atoms with E-state index in [0.29, 0.717) is 29.9 Å². The Morgan fingerprint density at radius 1 is 0.929 bits per heavy atom.